The first-order valence-corrected chi connectivity index (χ1v) is 6.81. The van der Waals surface area contributed by atoms with Crippen LogP contribution in [0.5, 0.6) is 0 Å². The Labute approximate surface area is 123 Å². The summed E-state index contributed by atoms with van der Waals surface area (Å²) in [5.74, 6) is 5.02. The van der Waals surface area contributed by atoms with Crippen molar-refractivity contribution in [2.75, 3.05) is 13.2 Å². The molecule has 1 aliphatic carbocycles. The Morgan fingerprint density at radius 3 is 2.90 bits per heavy atom. The number of nitrogens with one attached hydrogen (secondary N) is 2. The number of rotatable bonds is 5. The lowest BCUT2D eigenvalue weighted by molar-refractivity contribution is -0.120. The molecule has 1 aromatic rings. The molecule has 1 fully saturated rings. The van der Waals surface area contributed by atoms with Gasteiger partial charge in [0.15, 0.2) is 0 Å². The van der Waals surface area contributed by atoms with E-state index in [1.807, 2.05) is 0 Å². The smallest absolute Gasteiger partial charge is 0.253 e. The van der Waals surface area contributed by atoms with Crippen molar-refractivity contribution < 1.29 is 14.7 Å². The molecule has 1 saturated carbocycles. The third-order valence-corrected chi connectivity index (χ3v) is 2.82. The first-order valence-electron chi connectivity index (χ1n) is 6.81. The van der Waals surface area contributed by atoms with Gasteiger partial charge in [0.1, 0.15) is 0 Å². The number of carbonyl (C=O) groups excluding carboxylic acids is 2. The van der Waals surface area contributed by atoms with Crippen LogP contribution in [0.15, 0.2) is 18.5 Å². The molecule has 110 valence electrons. The Hall–Kier alpha value is -2.39. The number of hydrogen-bond donors (Lipinski definition) is 3. The molecule has 0 atom stereocenters. The number of amides is 2. The van der Waals surface area contributed by atoms with Crippen molar-refractivity contribution in [3.63, 3.8) is 0 Å². The zero-order chi connectivity index (χ0) is 15.1. The molecule has 0 bridgehead atoms. The summed E-state index contributed by atoms with van der Waals surface area (Å²) in [4.78, 5) is 27.3. The van der Waals surface area contributed by atoms with Gasteiger partial charge in [-0.3, -0.25) is 14.6 Å². The average Bonchev–Trinajstić information content (AvgIpc) is 3.29. The Kier molecular flexibility index (Phi) is 5.29. The third-order valence-electron chi connectivity index (χ3n) is 2.82. The number of pyridine rings is 1. The van der Waals surface area contributed by atoms with Crippen molar-refractivity contribution in [3.05, 3.63) is 29.6 Å². The van der Waals surface area contributed by atoms with Crippen molar-refractivity contribution in [2.24, 2.45) is 0 Å². The van der Waals surface area contributed by atoms with E-state index in [1.54, 1.807) is 12.3 Å². The predicted molar refractivity (Wildman–Crippen MR) is 76.3 cm³/mol. The van der Waals surface area contributed by atoms with E-state index in [0.717, 1.165) is 12.8 Å². The van der Waals surface area contributed by atoms with Crippen LogP contribution < -0.4 is 10.6 Å². The van der Waals surface area contributed by atoms with E-state index in [9.17, 15) is 9.59 Å². The lowest BCUT2D eigenvalue weighted by Gasteiger charge is -2.05. The minimum atomic E-state index is -0.362. The molecule has 0 spiro atoms. The average molecular weight is 287 g/mol. The Bertz CT molecular complexity index is 585. The van der Waals surface area contributed by atoms with Crippen LogP contribution in [0.25, 0.3) is 0 Å². The van der Waals surface area contributed by atoms with Crippen LogP contribution in [0, 0.1) is 11.8 Å². The summed E-state index contributed by atoms with van der Waals surface area (Å²) in [6, 6.07) is 1.88. The molecule has 1 aromatic heterocycles. The van der Waals surface area contributed by atoms with Crippen molar-refractivity contribution in [1.82, 2.24) is 15.6 Å². The van der Waals surface area contributed by atoms with Gasteiger partial charge in [0, 0.05) is 30.4 Å². The van der Waals surface area contributed by atoms with Crippen LogP contribution in [0.1, 0.15) is 35.2 Å². The molecule has 6 nitrogen and oxygen atoms in total. The molecule has 1 aliphatic rings. The third kappa shape index (κ3) is 5.24. The summed E-state index contributed by atoms with van der Waals surface area (Å²) in [6.45, 7) is -0.0491. The minimum absolute atomic E-state index is 0.00326. The highest BCUT2D eigenvalue weighted by Gasteiger charge is 2.23. The molecule has 21 heavy (non-hydrogen) atoms. The van der Waals surface area contributed by atoms with Crippen LogP contribution >= 0.6 is 0 Å². The summed E-state index contributed by atoms with van der Waals surface area (Å²) >= 11 is 0. The lowest BCUT2D eigenvalue weighted by atomic mass is 10.2. The van der Waals surface area contributed by atoms with Crippen LogP contribution in [-0.2, 0) is 4.79 Å². The van der Waals surface area contributed by atoms with Gasteiger partial charge in [-0.1, -0.05) is 11.8 Å². The molecule has 2 amide bonds. The summed E-state index contributed by atoms with van der Waals surface area (Å²) < 4.78 is 0. The molecular weight excluding hydrogens is 270 g/mol. The lowest BCUT2D eigenvalue weighted by Crippen LogP contribution is -2.37. The van der Waals surface area contributed by atoms with Gasteiger partial charge in [-0.25, -0.2) is 0 Å². The van der Waals surface area contributed by atoms with Crippen molar-refractivity contribution in [2.45, 2.75) is 25.3 Å². The van der Waals surface area contributed by atoms with E-state index in [-0.39, 0.29) is 31.0 Å². The zero-order valence-corrected chi connectivity index (χ0v) is 11.6. The molecule has 6 heteroatoms. The largest absolute Gasteiger partial charge is 0.395 e. The molecule has 2 rings (SSSR count). The van der Waals surface area contributed by atoms with E-state index in [0.29, 0.717) is 17.5 Å². The number of aliphatic hydroxyl groups is 1. The second-order valence-electron chi connectivity index (χ2n) is 4.76. The van der Waals surface area contributed by atoms with Crippen LogP contribution in [0.2, 0.25) is 0 Å². The molecule has 1 heterocycles. The molecular formula is C15H17N3O3. The molecule has 0 radical (unpaired) electrons. The monoisotopic (exact) mass is 287 g/mol. The fourth-order valence-electron chi connectivity index (χ4n) is 1.62. The topological polar surface area (TPSA) is 91.3 Å². The van der Waals surface area contributed by atoms with E-state index in [1.165, 1.54) is 6.20 Å². The Morgan fingerprint density at radius 1 is 1.38 bits per heavy atom. The summed E-state index contributed by atoms with van der Waals surface area (Å²) in [6.07, 6.45) is 5.36. The Morgan fingerprint density at radius 2 is 2.19 bits per heavy atom. The van der Waals surface area contributed by atoms with Crippen molar-refractivity contribution in [3.8, 4) is 11.8 Å². The van der Waals surface area contributed by atoms with Crippen molar-refractivity contribution >= 4 is 11.8 Å². The fraction of sp³-hybridized carbons (Fsp3) is 0.400. The van der Waals surface area contributed by atoms with Gasteiger partial charge in [0.2, 0.25) is 5.91 Å². The van der Waals surface area contributed by atoms with Gasteiger partial charge in [0.05, 0.1) is 18.7 Å². The molecule has 0 saturated heterocycles. The Balaban J connectivity index is 1.87. The molecule has 0 unspecified atom stereocenters. The minimum Gasteiger partial charge on any atom is -0.395 e. The molecule has 0 aliphatic heterocycles. The number of nitrogens with zero attached hydrogens (tertiary/aromatic N) is 1. The molecule has 3 N–H and O–H groups in total. The maximum absolute atomic E-state index is 11.9. The van der Waals surface area contributed by atoms with Gasteiger partial charge in [-0.05, 0) is 18.9 Å². The number of aromatic nitrogens is 1. The normalized spacial score (nSPS) is 13.0. The summed E-state index contributed by atoms with van der Waals surface area (Å²) in [5.41, 5.74) is 0.948. The van der Waals surface area contributed by atoms with E-state index in [2.05, 4.69) is 27.5 Å². The van der Waals surface area contributed by atoms with Gasteiger partial charge < -0.3 is 15.7 Å². The highest BCUT2D eigenvalue weighted by atomic mass is 16.2. The predicted octanol–water partition coefficient (Wildman–Crippen LogP) is -0.176. The number of hydrogen-bond acceptors (Lipinski definition) is 4. The maximum Gasteiger partial charge on any atom is 0.253 e. The fourth-order valence-corrected chi connectivity index (χ4v) is 1.62. The van der Waals surface area contributed by atoms with Crippen LogP contribution in [0.4, 0.5) is 0 Å². The molecule has 0 aromatic carbocycles. The van der Waals surface area contributed by atoms with Crippen molar-refractivity contribution in [1.29, 1.82) is 0 Å². The maximum atomic E-state index is 11.9. The van der Waals surface area contributed by atoms with Gasteiger partial charge in [0.25, 0.3) is 5.91 Å². The number of carbonyl (C=O) groups is 2. The standard InChI is InChI=1S/C15H17N3O3/c19-6-2-1-3-11-7-12(9-16-8-11)15(21)17-10-14(20)18-13-4-5-13/h7-9,13,19H,2,4-6,10H2,(H,17,21)(H,18,20). The summed E-state index contributed by atoms with van der Waals surface area (Å²) in [7, 11) is 0. The van der Waals surface area contributed by atoms with Gasteiger partial charge in [-0.2, -0.15) is 0 Å². The highest BCUT2D eigenvalue weighted by Crippen LogP contribution is 2.18. The second-order valence-corrected chi connectivity index (χ2v) is 4.76. The zero-order valence-electron chi connectivity index (χ0n) is 11.6. The van der Waals surface area contributed by atoms with Crippen LogP contribution in [-0.4, -0.2) is 41.1 Å². The number of aliphatic hydroxyl groups excluding tert-OH is 1. The SMILES string of the molecule is O=C(CNC(=O)c1cncc(C#CCCO)c1)NC1CC1. The summed E-state index contributed by atoms with van der Waals surface area (Å²) in [5, 5.41) is 14.0. The van der Waals surface area contributed by atoms with E-state index < -0.39 is 0 Å². The first-order chi connectivity index (χ1) is 10.2. The van der Waals surface area contributed by atoms with E-state index >= 15 is 0 Å². The van der Waals surface area contributed by atoms with Gasteiger partial charge >= 0.3 is 0 Å². The quantitative estimate of drug-likeness (QED) is 0.655. The van der Waals surface area contributed by atoms with Gasteiger partial charge in [-0.15, -0.1) is 0 Å². The second kappa shape index (κ2) is 7.41. The highest BCUT2D eigenvalue weighted by molar-refractivity contribution is 5.96. The van der Waals surface area contributed by atoms with Crippen LogP contribution in [0.3, 0.4) is 0 Å². The van der Waals surface area contributed by atoms with E-state index in [4.69, 9.17) is 5.11 Å². The first kappa shape index (κ1) is 15.0.